The lowest BCUT2D eigenvalue weighted by Crippen LogP contribution is -2.67. The Hall–Kier alpha value is -1.98. The van der Waals surface area contributed by atoms with Crippen LogP contribution >= 0.6 is 0 Å². The van der Waals surface area contributed by atoms with Crippen molar-refractivity contribution in [1.29, 1.82) is 0 Å². The first-order valence-corrected chi connectivity index (χ1v) is 13.8. The second-order valence-electron chi connectivity index (χ2n) is 12.9. The summed E-state index contributed by atoms with van der Waals surface area (Å²) in [7, 11) is 0. The number of ketones is 2. The van der Waals surface area contributed by atoms with Gasteiger partial charge in [-0.3, -0.25) is 19.2 Å². The number of allylic oxidation sites excluding steroid dienone is 1. The van der Waals surface area contributed by atoms with Gasteiger partial charge in [-0.05, 0) is 83.0 Å². The molecule has 36 heavy (non-hydrogen) atoms. The van der Waals surface area contributed by atoms with E-state index >= 15 is 0 Å². The van der Waals surface area contributed by atoms with E-state index in [9.17, 15) is 19.2 Å². The zero-order valence-electron chi connectivity index (χ0n) is 23.1. The lowest BCUT2D eigenvalue weighted by atomic mass is 9.43. The fraction of sp³-hybridized carbons (Fsp3) is 0.800. The van der Waals surface area contributed by atoms with Crippen LogP contribution in [0.25, 0.3) is 0 Å². The van der Waals surface area contributed by atoms with E-state index in [1.807, 2.05) is 20.8 Å². The number of carbonyl (C=O) groups is 4. The Morgan fingerprint density at radius 1 is 0.944 bits per heavy atom. The van der Waals surface area contributed by atoms with Crippen LogP contribution in [0.15, 0.2) is 11.1 Å². The highest BCUT2D eigenvalue weighted by Crippen LogP contribution is 2.68. The minimum absolute atomic E-state index is 0.00607. The SMILES string of the molecule is CC(=O)OC1C(OC(=O)CC(C)=C(C)C)[C@H]2[C@@H](CCC3CC(=O)CC[C@@]32C)[C@@H]2CC[C@H](C(C)=O)[C@@]12C. The van der Waals surface area contributed by atoms with Gasteiger partial charge < -0.3 is 9.47 Å². The van der Waals surface area contributed by atoms with Gasteiger partial charge in [-0.1, -0.05) is 25.0 Å². The third-order valence-corrected chi connectivity index (χ3v) is 10.8. The van der Waals surface area contributed by atoms with E-state index in [1.54, 1.807) is 6.92 Å². The number of esters is 2. The smallest absolute Gasteiger partial charge is 0.310 e. The number of carbonyl (C=O) groups excluding carboxylic acids is 4. The summed E-state index contributed by atoms with van der Waals surface area (Å²) in [5, 5.41) is 0. The van der Waals surface area contributed by atoms with Crippen LogP contribution in [0.3, 0.4) is 0 Å². The highest BCUT2D eigenvalue weighted by Gasteiger charge is 2.69. The second-order valence-corrected chi connectivity index (χ2v) is 12.9. The van der Waals surface area contributed by atoms with E-state index in [2.05, 4.69) is 13.8 Å². The molecule has 3 unspecified atom stereocenters. The van der Waals surface area contributed by atoms with Crippen molar-refractivity contribution in [2.45, 2.75) is 112 Å². The molecule has 200 valence electrons. The molecule has 0 aromatic carbocycles. The molecule has 0 spiro atoms. The molecule has 0 heterocycles. The predicted molar refractivity (Wildman–Crippen MR) is 136 cm³/mol. The van der Waals surface area contributed by atoms with Crippen LogP contribution in [0.2, 0.25) is 0 Å². The molecule has 0 radical (unpaired) electrons. The van der Waals surface area contributed by atoms with Crippen LogP contribution < -0.4 is 0 Å². The standard InChI is InChI=1S/C30H44O6/c1-16(2)17(3)14-25(34)36-27-26-22(9-8-20-15-21(33)12-13-29(20,26)6)24-11-10-23(18(4)31)30(24,7)28(27)35-19(5)32/h20,22-24,26-28H,8-15H2,1-7H3/t20?,22-,23+,24-,26+,27?,28?,29-,30+/m0/s1. The molecule has 6 nitrogen and oxygen atoms in total. The molecule has 0 aromatic rings. The maximum Gasteiger partial charge on any atom is 0.310 e. The maximum atomic E-state index is 13.3. The van der Waals surface area contributed by atoms with Crippen molar-refractivity contribution in [2.75, 3.05) is 0 Å². The fourth-order valence-electron chi connectivity index (χ4n) is 8.82. The van der Waals surface area contributed by atoms with Crippen molar-refractivity contribution >= 4 is 23.5 Å². The Bertz CT molecular complexity index is 976. The first-order valence-electron chi connectivity index (χ1n) is 13.8. The zero-order chi connectivity index (χ0) is 26.6. The molecule has 4 saturated carbocycles. The molecule has 0 amide bonds. The molecule has 6 heteroatoms. The van der Waals surface area contributed by atoms with Crippen LogP contribution in [0.4, 0.5) is 0 Å². The van der Waals surface area contributed by atoms with Crippen LogP contribution in [-0.4, -0.2) is 35.7 Å². The molecule has 0 aliphatic heterocycles. The van der Waals surface area contributed by atoms with Crippen LogP contribution in [-0.2, 0) is 28.7 Å². The maximum absolute atomic E-state index is 13.3. The van der Waals surface area contributed by atoms with Gasteiger partial charge in [0, 0.05) is 37.0 Å². The zero-order valence-corrected chi connectivity index (χ0v) is 23.1. The molecular weight excluding hydrogens is 456 g/mol. The van der Waals surface area contributed by atoms with E-state index in [-0.39, 0.29) is 53.2 Å². The number of fused-ring (bicyclic) bond motifs is 5. The molecule has 9 atom stereocenters. The molecule has 0 saturated heterocycles. The lowest BCUT2D eigenvalue weighted by molar-refractivity contribution is -0.243. The Morgan fingerprint density at radius 3 is 2.25 bits per heavy atom. The Balaban J connectivity index is 1.83. The number of ether oxygens (including phenoxy) is 2. The minimum atomic E-state index is -0.679. The average molecular weight is 501 g/mol. The van der Waals surface area contributed by atoms with Crippen molar-refractivity contribution < 1.29 is 28.7 Å². The monoisotopic (exact) mass is 500 g/mol. The number of hydrogen-bond acceptors (Lipinski definition) is 6. The van der Waals surface area contributed by atoms with Gasteiger partial charge in [-0.15, -0.1) is 0 Å². The van der Waals surface area contributed by atoms with Gasteiger partial charge in [-0.25, -0.2) is 0 Å². The summed E-state index contributed by atoms with van der Waals surface area (Å²) >= 11 is 0. The van der Waals surface area contributed by atoms with Crippen molar-refractivity contribution in [3.05, 3.63) is 11.1 Å². The average Bonchev–Trinajstić information content (AvgIpc) is 3.14. The van der Waals surface area contributed by atoms with Gasteiger partial charge in [0.1, 0.15) is 23.8 Å². The predicted octanol–water partition coefficient (Wildman–Crippen LogP) is 5.61. The van der Waals surface area contributed by atoms with Crippen LogP contribution in [0.1, 0.15) is 99.8 Å². The Labute approximate surface area is 215 Å². The van der Waals surface area contributed by atoms with Gasteiger partial charge >= 0.3 is 11.9 Å². The minimum Gasteiger partial charge on any atom is -0.458 e. The summed E-state index contributed by atoms with van der Waals surface area (Å²) in [4.78, 5) is 51.1. The van der Waals surface area contributed by atoms with Crippen molar-refractivity contribution in [3.8, 4) is 0 Å². The van der Waals surface area contributed by atoms with E-state index in [1.165, 1.54) is 6.92 Å². The first-order chi connectivity index (χ1) is 16.8. The summed E-state index contributed by atoms with van der Waals surface area (Å²) in [6.45, 7) is 13.3. The topological polar surface area (TPSA) is 86.7 Å². The molecule has 4 aliphatic rings. The summed E-state index contributed by atoms with van der Waals surface area (Å²) in [6.07, 6.45) is 4.40. The molecule has 0 aromatic heterocycles. The fourth-order valence-corrected chi connectivity index (χ4v) is 8.82. The van der Waals surface area contributed by atoms with Gasteiger partial charge in [0.15, 0.2) is 0 Å². The van der Waals surface area contributed by atoms with Crippen LogP contribution in [0.5, 0.6) is 0 Å². The van der Waals surface area contributed by atoms with E-state index < -0.39 is 23.6 Å². The summed E-state index contributed by atoms with van der Waals surface area (Å²) in [5.74, 6) is 0.196. The summed E-state index contributed by atoms with van der Waals surface area (Å²) in [5.41, 5.74) is 1.29. The van der Waals surface area contributed by atoms with E-state index in [4.69, 9.17) is 9.47 Å². The second kappa shape index (κ2) is 9.72. The highest BCUT2D eigenvalue weighted by molar-refractivity contribution is 5.80. The normalized spacial score (nSPS) is 41.4. The summed E-state index contributed by atoms with van der Waals surface area (Å²) < 4.78 is 12.5. The van der Waals surface area contributed by atoms with E-state index in [0.29, 0.717) is 18.6 Å². The molecule has 4 aliphatic carbocycles. The lowest BCUT2D eigenvalue weighted by Gasteiger charge is -2.63. The molecular formula is C30H44O6. The molecule has 4 rings (SSSR count). The van der Waals surface area contributed by atoms with Gasteiger partial charge in [0.2, 0.25) is 0 Å². The third-order valence-electron chi connectivity index (χ3n) is 10.8. The molecule has 0 bridgehead atoms. The Kier molecular flexibility index (Phi) is 7.31. The third kappa shape index (κ3) is 4.36. The largest absolute Gasteiger partial charge is 0.458 e. The van der Waals surface area contributed by atoms with Gasteiger partial charge in [-0.2, -0.15) is 0 Å². The first kappa shape index (κ1) is 27.1. The van der Waals surface area contributed by atoms with Gasteiger partial charge in [0.05, 0.1) is 6.42 Å². The number of rotatable bonds is 5. The Morgan fingerprint density at radius 2 is 1.64 bits per heavy atom. The number of Topliss-reactive ketones (excluding diaryl/α,β-unsaturated/α-hetero) is 2. The number of hydrogen-bond donors (Lipinski definition) is 0. The molecule has 4 fully saturated rings. The van der Waals surface area contributed by atoms with Crippen molar-refractivity contribution in [3.63, 3.8) is 0 Å². The van der Waals surface area contributed by atoms with Gasteiger partial charge in [0.25, 0.3) is 0 Å². The summed E-state index contributed by atoms with van der Waals surface area (Å²) in [6, 6.07) is 0. The quantitative estimate of drug-likeness (QED) is 0.360. The van der Waals surface area contributed by atoms with Crippen molar-refractivity contribution in [1.82, 2.24) is 0 Å². The van der Waals surface area contributed by atoms with Crippen molar-refractivity contribution in [2.24, 2.45) is 40.4 Å². The molecule has 0 N–H and O–H groups in total. The van der Waals surface area contributed by atoms with E-state index in [0.717, 1.165) is 43.3 Å². The van der Waals surface area contributed by atoms with Crippen LogP contribution in [0, 0.1) is 40.4 Å². The highest BCUT2D eigenvalue weighted by atomic mass is 16.6.